The average Bonchev–Trinajstić information content (AvgIpc) is 2.50. The van der Waals surface area contributed by atoms with Crippen molar-refractivity contribution in [3.05, 3.63) is 0 Å². The van der Waals surface area contributed by atoms with Gasteiger partial charge in [0.15, 0.2) is 0 Å². The van der Waals surface area contributed by atoms with Gasteiger partial charge >= 0.3 is 0 Å². The second-order valence-electron chi connectivity index (χ2n) is 6.41. The maximum Gasteiger partial charge on any atom is 0.0805 e. The second-order valence-corrected chi connectivity index (χ2v) is 6.41. The fourth-order valence-electron chi connectivity index (χ4n) is 3.31. The van der Waals surface area contributed by atoms with E-state index >= 15 is 0 Å². The largest absolute Gasteiger partial charge is 0.379 e. The van der Waals surface area contributed by atoms with Gasteiger partial charge in [-0.05, 0) is 31.6 Å². The fourth-order valence-corrected chi connectivity index (χ4v) is 3.31. The first-order valence-corrected chi connectivity index (χ1v) is 8.96. The molecular weight excluding hydrogens is 248 g/mol. The molecule has 0 aromatic carbocycles. The Balaban J connectivity index is 2.32. The molecule has 20 heavy (non-hydrogen) atoms. The van der Waals surface area contributed by atoms with E-state index in [9.17, 15) is 0 Å². The average molecular weight is 284 g/mol. The van der Waals surface area contributed by atoms with Crippen molar-refractivity contribution in [1.82, 2.24) is 0 Å². The summed E-state index contributed by atoms with van der Waals surface area (Å²) in [6.45, 7) is 5.38. The molecule has 1 aliphatic heterocycles. The van der Waals surface area contributed by atoms with Gasteiger partial charge in [-0.1, -0.05) is 58.8 Å². The molecule has 3 unspecified atom stereocenters. The molecule has 1 fully saturated rings. The van der Waals surface area contributed by atoms with Crippen molar-refractivity contribution in [1.29, 1.82) is 0 Å². The van der Waals surface area contributed by atoms with E-state index in [0.717, 1.165) is 12.5 Å². The topological polar surface area (TPSA) is 18.5 Å². The number of ether oxygens (including phenoxy) is 2. The third-order valence-electron chi connectivity index (χ3n) is 4.74. The molecule has 2 nitrogen and oxygen atoms in total. The highest BCUT2D eigenvalue weighted by atomic mass is 16.5. The fraction of sp³-hybridized carbons (Fsp3) is 1.00. The van der Waals surface area contributed by atoms with Crippen LogP contribution in [0.25, 0.3) is 0 Å². The SMILES string of the molecule is CCCCCCC(CCCCC)C1CCC(OC)CO1. The van der Waals surface area contributed by atoms with E-state index in [-0.39, 0.29) is 0 Å². The van der Waals surface area contributed by atoms with Crippen LogP contribution in [0.4, 0.5) is 0 Å². The van der Waals surface area contributed by atoms with Crippen molar-refractivity contribution in [3.63, 3.8) is 0 Å². The van der Waals surface area contributed by atoms with E-state index < -0.39 is 0 Å². The molecule has 0 saturated carbocycles. The maximum atomic E-state index is 6.11. The van der Waals surface area contributed by atoms with Crippen LogP contribution in [0.3, 0.4) is 0 Å². The van der Waals surface area contributed by atoms with Gasteiger partial charge in [-0.3, -0.25) is 0 Å². The number of hydrogen-bond donors (Lipinski definition) is 0. The molecular formula is C18H36O2. The maximum absolute atomic E-state index is 6.11. The summed E-state index contributed by atoms with van der Waals surface area (Å²) in [6.07, 6.45) is 15.5. The zero-order valence-electron chi connectivity index (χ0n) is 14.0. The van der Waals surface area contributed by atoms with Crippen molar-refractivity contribution < 1.29 is 9.47 Å². The van der Waals surface area contributed by atoms with Gasteiger partial charge in [0, 0.05) is 7.11 Å². The molecule has 2 heteroatoms. The molecule has 1 aliphatic rings. The van der Waals surface area contributed by atoms with Gasteiger partial charge in [-0.15, -0.1) is 0 Å². The lowest BCUT2D eigenvalue weighted by Crippen LogP contribution is -2.35. The van der Waals surface area contributed by atoms with Gasteiger partial charge in [0.1, 0.15) is 0 Å². The van der Waals surface area contributed by atoms with Gasteiger partial charge in [-0.25, -0.2) is 0 Å². The Kier molecular flexibility index (Phi) is 10.4. The normalized spacial score (nSPS) is 24.8. The van der Waals surface area contributed by atoms with Crippen LogP contribution in [0.2, 0.25) is 0 Å². The Morgan fingerprint density at radius 3 is 2.15 bits per heavy atom. The molecule has 120 valence electrons. The summed E-state index contributed by atoms with van der Waals surface area (Å²) in [4.78, 5) is 0. The highest BCUT2D eigenvalue weighted by Crippen LogP contribution is 2.29. The Morgan fingerprint density at radius 1 is 0.950 bits per heavy atom. The minimum Gasteiger partial charge on any atom is -0.379 e. The molecule has 0 amide bonds. The zero-order valence-corrected chi connectivity index (χ0v) is 14.0. The van der Waals surface area contributed by atoms with Crippen LogP contribution in [0.1, 0.15) is 84.5 Å². The van der Waals surface area contributed by atoms with Crippen LogP contribution in [0, 0.1) is 5.92 Å². The monoisotopic (exact) mass is 284 g/mol. The van der Waals surface area contributed by atoms with Gasteiger partial charge in [0.2, 0.25) is 0 Å². The summed E-state index contributed by atoms with van der Waals surface area (Å²) in [5, 5.41) is 0. The summed E-state index contributed by atoms with van der Waals surface area (Å²) in [5.74, 6) is 0.788. The predicted molar refractivity (Wildman–Crippen MR) is 86.2 cm³/mol. The minimum absolute atomic E-state index is 0.336. The highest BCUT2D eigenvalue weighted by molar-refractivity contribution is 4.77. The highest BCUT2D eigenvalue weighted by Gasteiger charge is 2.27. The Labute approximate surface area is 126 Å². The standard InChI is InChI=1S/C18H36O2/c1-4-6-8-10-12-16(11-9-7-5-2)18-14-13-17(19-3)15-20-18/h16-18H,4-15H2,1-3H3. The predicted octanol–water partition coefficient (Wildman–Crippen LogP) is 5.35. The van der Waals surface area contributed by atoms with Crippen LogP contribution in [0.5, 0.6) is 0 Å². The number of hydrogen-bond acceptors (Lipinski definition) is 2. The molecule has 1 rings (SSSR count). The Hall–Kier alpha value is -0.0800. The van der Waals surface area contributed by atoms with Gasteiger partial charge in [-0.2, -0.15) is 0 Å². The first-order chi connectivity index (χ1) is 9.81. The first kappa shape index (κ1) is 18.0. The quantitative estimate of drug-likeness (QED) is 0.476. The molecule has 0 aromatic rings. The molecule has 1 heterocycles. The molecule has 0 N–H and O–H groups in total. The van der Waals surface area contributed by atoms with Crippen molar-refractivity contribution >= 4 is 0 Å². The number of methoxy groups -OCH3 is 1. The lowest BCUT2D eigenvalue weighted by molar-refractivity contribution is -0.0935. The smallest absolute Gasteiger partial charge is 0.0805 e. The van der Waals surface area contributed by atoms with E-state index in [0.29, 0.717) is 12.2 Å². The van der Waals surface area contributed by atoms with Crippen LogP contribution in [-0.4, -0.2) is 25.9 Å². The van der Waals surface area contributed by atoms with Gasteiger partial charge in [0.25, 0.3) is 0 Å². The molecule has 0 bridgehead atoms. The van der Waals surface area contributed by atoms with E-state index in [2.05, 4.69) is 13.8 Å². The van der Waals surface area contributed by atoms with Crippen molar-refractivity contribution in [2.24, 2.45) is 5.92 Å². The Bertz CT molecular complexity index is 209. The van der Waals surface area contributed by atoms with Crippen molar-refractivity contribution in [2.45, 2.75) is 96.7 Å². The molecule has 0 aliphatic carbocycles. The molecule has 0 spiro atoms. The third-order valence-corrected chi connectivity index (χ3v) is 4.74. The first-order valence-electron chi connectivity index (χ1n) is 8.96. The summed E-state index contributed by atoms with van der Waals surface area (Å²) < 4.78 is 11.5. The lowest BCUT2D eigenvalue weighted by atomic mass is 9.86. The molecule has 3 atom stereocenters. The zero-order chi connectivity index (χ0) is 14.6. The number of rotatable bonds is 11. The van der Waals surface area contributed by atoms with Gasteiger partial charge < -0.3 is 9.47 Å². The van der Waals surface area contributed by atoms with Crippen LogP contribution >= 0.6 is 0 Å². The van der Waals surface area contributed by atoms with Crippen LogP contribution < -0.4 is 0 Å². The third kappa shape index (κ3) is 7.08. The molecule has 0 radical (unpaired) electrons. The van der Waals surface area contributed by atoms with Crippen LogP contribution in [0.15, 0.2) is 0 Å². The van der Waals surface area contributed by atoms with Crippen LogP contribution in [-0.2, 0) is 9.47 Å². The minimum atomic E-state index is 0.336. The van der Waals surface area contributed by atoms with E-state index in [1.807, 2.05) is 0 Å². The van der Waals surface area contributed by atoms with E-state index in [1.54, 1.807) is 7.11 Å². The summed E-state index contributed by atoms with van der Waals surface area (Å²) in [5.41, 5.74) is 0. The second kappa shape index (κ2) is 11.6. The number of unbranched alkanes of at least 4 members (excludes halogenated alkanes) is 5. The summed E-state index contributed by atoms with van der Waals surface area (Å²) in [6, 6.07) is 0. The summed E-state index contributed by atoms with van der Waals surface area (Å²) >= 11 is 0. The van der Waals surface area contributed by atoms with Gasteiger partial charge in [0.05, 0.1) is 18.8 Å². The Morgan fingerprint density at radius 2 is 1.60 bits per heavy atom. The van der Waals surface area contributed by atoms with E-state index in [4.69, 9.17) is 9.47 Å². The molecule has 0 aromatic heterocycles. The van der Waals surface area contributed by atoms with E-state index in [1.165, 1.54) is 70.6 Å². The summed E-state index contributed by atoms with van der Waals surface area (Å²) in [7, 11) is 1.80. The van der Waals surface area contributed by atoms with Crippen molar-refractivity contribution in [3.8, 4) is 0 Å². The van der Waals surface area contributed by atoms with Crippen molar-refractivity contribution in [2.75, 3.05) is 13.7 Å². The molecule has 1 saturated heterocycles. The lowest BCUT2D eigenvalue weighted by Gasteiger charge is -2.34.